The maximum atomic E-state index is 11.7. The van der Waals surface area contributed by atoms with Gasteiger partial charge in [-0.2, -0.15) is 0 Å². The van der Waals surface area contributed by atoms with E-state index in [1.165, 1.54) is 6.08 Å². The van der Waals surface area contributed by atoms with E-state index in [9.17, 15) is 4.79 Å². The molecule has 0 aliphatic carbocycles. The van der Waals surface area contributed by atoms with Crippen molar-refractivity contribution in [2.75, 3.05) is 6.61 Å². The largest absolute Gasteiger partial charge is 0.396 e. The molecule has 1 rings (SSSR count). The van der Waals surface area contributed by atoms with Crippen molar-refractivity contribution in [3.05, 3.63) is 41.5 Å². The zero-order valence-corrected chi connectivity index (χ0v) is 11.2. The number of amides is 1. The molecular weight excluding hydrogens is 226 g/mol. The summed E-state index contributed by atoms with van der Waals surface area (Å²) in [5.74, 6) is -0.144. The minimum atomic E-state index is -0.386. The van der Waals surface area contributed by atoms with Crippen LogP contribution in [-0.4, -0.2) is 23.2 Å². The van der Waals surface area contributed by atoms with Gasteiger partial charge in [-0.05, 0) is 38.8 Å². The number of rotatable bonds is 5. The molecule has 98 valence electrons. The minimum Gasteiger partial charge on any atom is -0.396 e. The summed E-state index contributed by atoms with van der Waals surface area (Å²) >= 11 is 0. The second kappa shape index (κ2) is 6.36. The van der Waals surface area contributed by atoms with Gasteiger partial charge in [0.05, 0.1) is 0 Å². The summed E-state index contributed by atoms with van der Waals surface area (Å²) in [6.07, 6.45) is 3.85. The van der Waals surface area contributed by atoms with Crippen molar-refractivity contribution >= 4 is 12.0 Å². The van der Waals surface area contributed by atoms with E-state index in [1.807, 2.05) is 45.0 Å². The summed E-state index contributed by atoms with van der Waals surface area (Å²) in [6.45, 7) is 5.86. The Bertz CT molecular complexity index is 436. The second-order valence-electron chi connectivity index (χ2n) is 5.09. The molecule has 3 nitrogen and oxygen atoms in total. The van der Waals surface area contributed by atoms with Crippen LogP contribution in [-0.2, 0) is 4.79 Å². The van der Waals surface area contributed by atoms with Crippen molar-refractivity contribution in [2.24, 2.45) is 0 Å². The van der Waals surface area contributed by atoms with Crippen molar-refractivity contribution in [1.29, 1.82) is 0 Å². The Balaban J connectivity index is 2.60. The summed E-state index contributed by atoms with van der Waals surface area (Å²) in [7, 11) is 0. The SMILES string of the molecule is Cc1cccc(/C=C/C(=O)NC(C)(C)CCO)c1. The number of hydrogen-bond acceptors (Lipinski definition) is 2. The van der Waals surface area contributed by atoms with Crippen molar-refractivity contribution < 1.29 is 9.90 Å². The number of aryl methyl sites for hydroxylation is 1. The number of carbonyl (C=O) groups is 1. The predicted octanol–water partition coefficient (Wildman–Crippen LogP) is 2.29. The van der Waals surface area contributed by atoms with Gasteiger partial charge in [-0.15, -0.1) is 0 Å². The van der Waals surface area contributed by atoms with Gasteiger partial charge in [0, 0.05) is 18.2 Å². The maximum absolute atomic E-state index is 11.7. The molecule has 0 saturated heterocycles. The highest BCUT2D eigenvalue weighted by Crippen LogP contribution is 2.08. The molecule has 0 spiro atoms. The van der Waals surface area contributed by atoms with Crippen LogP contribution >= 0.6 is 0 Å². The molecule has 18 heavy (non-hydrogen) atoms. The number of aliphatic hydroxyl groups excluding tert-OH is 1. The smallest absolute Gasteiger partial charge is 0.244 e. The lowest BCUT2D eigenvalue weighted by molar-refractivity contribution is -0.118. The first-order valence-electron chi connectivity index (χ1n) is 6.11. The van der Waals surface area contributed by atoms with E-state index in [1.54, 1.807) is 6.08 Å². The maximum Gasteiger partial charge on any atom is 0.244 e. The summed E-state index contributed by atoms with van der Waals surface area (Å²) < 4.78 is 0. The van der Waals surface area contributed by atoms with Crippen LogP contribution in [0.4, 0.5) is 0 Å². The molecular formula is C15H21NO2. The zero-order chi connectivity index (χ0) is 13.6. The molecule has 0 bridgehead atoms. The molecule has 1 aromatic carbocycles. The Morgan fingerprint density at radius 3 is 2.78 bits per heavy atom. The third kappa shape index (κ3) is 5.15. The molecule has 0 aromatic heterocycles. The number of benzene rings is 1. The summed E-state index contributed by atoms with van der Waals surface area (Å²) in [5, 5.41) is 11.7. The van der Waals surface area contributed by atoms with Crippen LogP contribution < -0.4 is 5.32 Å². The first-order chi connectivity index (χ1) is 8.43. The number of carbonyl (C=O) groups excluding carboxylic acids is 1. The summed E-state index contributed by atoms with van der Waals surface area (Å²) in [5.41, 5.74) is 1.78. The predicted molar refractivity (Wildman–Crippen MR) is 74.1 cm³/mol. The van der Waals surface area contributed by atoms with Crippen LogP contribution in [0.3, 0.4) is 0 Å². The Kier molecular flexibility index (Phi) is 5.10. The van der Waals surface area contributed by atoms with Crippen molar-refractivity contribution in [3.8, 4) is 0 Å². The number of aliphatic hydroxyl groups is 1. The molecule has 2 N–H and O–H groups in total. The van der Waals surface area contributed by atoms with Gasteiger partial charge >= 0.3 is 0 Å². The van der Waals surface area contributed by atoms with E-state index in [-0.39, 0.29) is 18.1 Å². The zero-order valence-electron chi connectivity index (χ0n) is 11.2. The Labute approximate surface area is 109 Å². The van der Waals surface area contributed by atoms with Gasteiger partial charge in [0.2, 0.25) is 5.91 Å². The Morgan fingerprint density at radius 2 is 2.17 bits per heavy atom. The quantitative estimate of drug-likeness (QED) is 0.784. The molecule has 0 aliphatic rings. The fraction of sp³-hybridized carbons (Fsp3) is 0.400. The Morgan fingerprint density at radius 1 is 1.44 bits per heavy atom. The van der Waals surface area contributed by atoms with Gasteiger partial charge < -0.3 is 10.4 Å². The van der Waals surface area contributed by atoms with Crippen LogP contribution in [0.25, 0.3) is 6.08 Å². The lowest BCUT2D eigenvalue weighted by atomic mass is 10.0. The topological polar surface area (TPSA) is 49.3 Å². The lowest BCUT2D eigenvalue weighted by Gasteiger charge is -2.24. The molecule has 0 heterocycles. The molecule has 0 unspecified atom stereocenters. The number of nitrogens with one attached hydrogen (secondary N) is 1. The average molecular weight is 247 g/mol. The highest BCUT2D eigenvalue weighted by Gasteiger charge is 2.17. The molecule has 0 radical (unpaired) electrons. The van der Waals surface area contributed by atoms with Gasteiger partial charge in [-0.25, -0.2) is 0 Å². The van der Waals surface area contributed by atoms with E-state index in [4.69, 9.17) is 5.11 Å². The third-order valence-electron chi connectivity index (χ3n) is 2.67. The van der Waals surface area contributed by atoms with E-state index in [0.29, 0.717) is 6.42 Å². The van der Waals surface area contributed by atoms with Crippen LogP contribution in [0.5, 0.6) is 0 Å². The normalized spacial score (nSPS) is 11.8. The van der Waals surface area contributed by atoms with Gasteiger partial charge in [0.1, 0.15) is 0 Å². The molecule has 0 atom stereocenters. The average Bonchev–Trinajstić information content (AvgIpc) is 2.25. The fourth-order valence-corrected chi connectivity index (χ4v) is 1.66. The first-order valence-corrected chi connectivity index (χ1v) is 6.11. The third-order valence-corrected chi connectivity index (χ3v) is 2.67. The van der Waals surface area contributed by atoms with Gasteiger partial charge in [0.15, 0.2) is 0 Å². The van der Waals surface area contributed by atoms with Crippen molar-refractivity contribution in [1.82, 2.24) is 5.32 Å². The van der Waals surface area contributed by atoms with E-state index >= 15 is 0 Å². The molecule has 1 aromatic rings. The highest BCUT2D eigenvalue weighted by atomic mass is 16.3. The van der Waals surface area contributed by atoms with Crippen LogP contribution in [0, 0.1) is 6.92 Å². The molecule has 0 saturated carbocycles. The lowest BCUT2D eigenvalue weighted by Crippen LogP contribution is -2.43. The van der Waals surface area contributed by atoms with Crippen LogP contribution in [0.15, 0.2) is 30.3 Å². The van der Waals surface area contributed by atoms with Crippen molar-refractivity contribution in [3.63, 3.8) is 0 Å². The Hall–Kier alpha value is -1.61. The molecule has 0 fully saturated rings. The van der Waals surface area contributed by atoms with Gasteiger partial charge in [-0.3, -0.25) is 4.79 Å². The molecule has 0 aliphatic heterocycles. The molecule has 1 amide bonds. The van der Waals surface area contributed by atoms with Crippen LogP contribution in [0.1, 0.15) is 31.4 Å². The summed E-state index contributed by atoms with van der Waals surface area (Å²) in [4.78, 5) is 11.7. The minimum absolute atomic E-state index is 0.0644. The standard InChI is InChI=1S/C15H21NO2/c1-12-5-4-6-13(11-12)7-8-14(18)16-15(2,3)9-10-17/h4-8,11,17H,9-10H2,1-3H3,(H,16,18)/b8-7+. The highest BCUT2D eigenvalue weighted by molar-refractivity contribution is 5.92. The van der Waals surface area contributed by atoms with Crippen molar-refractivity contribution in [2.45, 2.75) is 32.7 Å². The monoisotopic (exact) mass is 247 g/mol. The summed E-state index contributed by atoms with van der Waals surface area (Å²) in [6, 6.07) is 7.95. The van der Waals surface area contributed by atoms with Crippen LogP contribution in [0.2, 0.25) is 0 Å². The van der Waals surface area contributed by atoms with Gasteiger partial charge in [-0.1, -0.05) is 29.8 Å². The van der Waals surface area contributed by atoms with E-state index in [0.717, 1.165) is 11.1 Å². The van der Waals surface area contributed by atoms with Gasteiger partial charge in [0.25, 0.3) is 0 Å². The molecule has 3 heteroatoms. The second-order valence-corrected chi connectivity index (χ2v) is 5.09. The first kappa shape index (κ1) is 14.5. The number of hydrogen-bond donors (Lipinski definition) is 2. The fourth-order valence-electron chi connectivity index (χ4n) is 1.66. The van der Waals surface area contributed by atoms with E-state index < -0.39 is 0 Å². The van der Waals surface area contributed by atoms with E-state index in [2.05, 4.69) is 5.32 Å².